The van der Waals surface area contributed by atoms with Crippen molar-refractivity contribution in [2.75, 3.05) is 52.9 Å². The molecule has 128 heavy (non-hydrogen) atoms. The summed E-state index contributed by atoms with van der Waals surface area (Å²) in [5.41, 5.74) is 0. The van der Waals surface area contributed by atoms with Gasteiger partial charge in [-0.1, -0.05) is 0 Å². The molecule has 60 nitrogen and oxygen atoms in total. The lowest BCUT2D eigenvalue weighted by molar-refractivity contribution is -0.399. The van der Waals surface area contributed by atoms with Crippen molar-refractivity contribution in [3.63, 3.8) is 0 Å². The summed E-state index contributed by atoms with van der Waals surface area (Å²) in [5.74, 6) is -5.18. The summed E-state index contributed by atoms with van der Waals surface area (Å²) < 4.78 is 187. The van der Waals surface area contributed by atoms with Crippen molar-refractivity contribution in [3.8, 4) is 0 Å². The Balaban J connectivity index is 0.975. The Kier molecular flexibility index (Phi) is 37.0. The van der Waals surface area contributed by atoms with Gasteiger partial charge in [-0.25, -0.2) is 13.2 Å². The summed E-state index contributed by atoms with van der Waals surface area (Å²) in [5, 5.41) is 298. The average molecular weight is 1920 g/mol. The van der Waals surface area contributed by atoms with Crippen LogP contribution in [0.4, 0.5) is 0 Å². The summed E-state index contributed by atoms with van der Waals surface area (Å²) in [4.78, 5) is 51.1. The molecule has 62 heteroatoms. The van der Waals surface area contributed by atoms with Gasteiger partial charge in [-0.3, -0.25) is 23.5 Å². The van der Waals surface area contributed by atoms with E-state index in [2.05, 4.69) is 24.3 Å². The standard InChI is InChI=1S/C66H109N3O57S2/c1-13-28(78)37(87)40(90)60(109-13)107-11-23-48(34(84)25(57(99)110-23)67-14(2)75)118-58-26(68-15(3)76)35(85)47(21(9-74)115-58)119-64-45(95)52(33(83)22(116-64)10-106-61-43(93)50(31(81)19(7-72)111-61)121-62-41(91)38(88)29(79)17(5-70)112-62)123-66-55(39(89)30(80)18(6-71)114-66)125-59-27(69-16(4)77)36(86)49(24(117-59)12-108-127(100,101)102)120-63-44(94)51(32(82)20(8-73)113-63)122-65-46(96)53(126-128(103,104)105)42(92)54(124-65)56(97)98/h13,17-55,57-66,70-74,78-96,99H,5-12H2,1-4H3,(H,67,75)(H,68,76)(H,69,77)(H,97,98)(H,100,101,102)(H,103,104,105)/t13-,17+,18+,19+,20+,21+,22+,23+,24+,25+,26+,27+,28+,29+,30+,31+,32-,33+,34+,35+,36+,37+,38-,39-,40-,41-,42-,43-,44+,45-,46+,47+,48+,49+,50-,51-,52-,53-,54-,55-,57+,58-,59-,60+,61-,62+,63-,64-,65+,66+/m0/s1. The monoisotopic (exact) mass is 1920 g/mol. The largest absolute Gasteiger partial charge is 0.479 e. The second-order valence-corrected chi connectivity index (χ2v) is 33.5. The third-order valence-corrected chi connectivity index (χ3v) is 23.3. The highest BCUT2D eigenvalue weighted by atomic mass is 32.3. The molecule has 10 aliphatic rings. The van der Waals surface area contributed by atoms with Gasteiger partial charge < -0.3 is 239 Å². The van der Waals surface area contributed by atoms with Gasteiger partial charge >= 0.3 is 26.8 Å². The van der Waals surface area contributed by atoms with Gasteiger partial charge in [0.1, 0.15) is 232 Å². The third kappa shape index (κ3) is 24.3. The number of carboxylic acids is 1. The Labute approximate surface area is 721 Å². The minimum absolute atomic E-state index is 0.775. The smallest absolute Gasteiger partial charge is 0.397 e. The number of carboxylic acid groups (broad SMARTS) is 1. The number of amides is 3. The number of carbonyl (C=O) groups is 4. The van der Waals surface area contributed by atoms with E-state index in [-0.39, 0.29) is 0 Å². The normalized spacial score (nSPS) is 48.2. The third-order valence-electron chi connectivity index (χ3n) is 22.4. The zero-order valence-corrected chi connectivity index (χ0v) is 68.8. The zero-order chi connectivity index (χ0) is 94.8. The predicted octanol–water partition coefficient (Wildman–Crippen LogP) is -21.6. The lowest BCUT2D eigenvalue weighted by atomic mass is 9.93. The maximum absolute atomic E-state index is 13.3. The summed E-state index contributed by atoms with van der Waals surface area (Å²) in [7, 11) is -11.4. The van der Waals surface area contributed by atoms with Gasteiger partial charge in [-0.15, -0.1) is 0 Å². The van der Waals surface area contributed by atoms with Crippen LogP contribution in [-0.4, -0.2) is 542 Å². The molecule has 0 aromatic rings. The van der Waals surface area contributed by atoms with Crippen molar-refractivity contribution in [2.24, 2.45) is 0 Å². The molecular weight excluding hydrogens is 1810 g/mol. The molecular formula is C66H109N3O57S2. The molecule has 3 amide bonds. The highest BCUT2D eigenvalue weighted by Crippen LogP contribution is 2.41. The van der Waals surface area contributed by atoms with Gasteiger partial charge in [0.25, 0.3) is 0 Å². The number of carbonyl (C=O) groups excluding carboxylic acids is 3. The molecule has 742 valence electrons. The van der Waals surface area contributed by atoms with Gasteiger partial charge in [-0.2, -0.15) is 16.8 Å². The Hall–Kier alpha value is -4.14. The first-order valence-corrected chi connectivity index (χ1v) is 42.0. The highest BCUT2D eigenvalue weighted by molar-refractivity contribution is 7.81. The fourth-order valence-electron chi connectivity index (χ4n) is 15.7. The molecule has 0 spiro atoms. The zero-order valence-electron chi connectivity index (χ0n) is 67.2. The van der Waals surface area contributed by atoms with Crippen LogP contribution in [0.5, 0.6) is 0 Å². The van der Waals surface area contributed by atoms with Crippen LogP contribution in [0.2, 0.25) is 0 Å². The van der Waals surface area contributed by atoms with Gasteiger partial charge in [0.15, 0.2) is 69.0 Å². The Morgan fingerprint density at radius 2 is 0.617 bits per heavy atom. The van der Waals surface area contributed by atoms with Crippen LogP contribution in [0.3, 0.4) is 0 Å². The second kappa shape index (κ2) is 44.8. The van der Waals surface area contributed by atoms with E-state index in [9.17, 15) is 178 Å². The summed E-state index contributed by atoms with van der Waals surface area (Å²) in [6, 6.07) is -6.17. The van der Waals surface area contributed by atoms with Crippen LogP contribution in [0.15, 0.2) is 0 Å². The minimum atomic E-state index is -5.68. The molecule has 10 fully saturated rings. The van der Waals surface area contributed by atoms with E-state index in [1.54, 1.807) is 0 Å². The van der Waals surface area contributed by atoms with Crippen molar-refractivity contribution < 1.29 is 276 Å². The van der Waals surface area contributed by atoms with Gasteiger partial charge in [-0.05, 0) is 6.92 Å². The predicted molar refractivity (Wildman–Crippen MR) is 384 cm³/mol. The first kappa shape index (κ1) is 106. The minimum Gasteiger partial charge on any atom is -0.479 e. The van der Waals surface area contributed by atoms with Crippen LogP contribution in [-0.2, 0) is 138 Å². The van der Waals surface area contributed by atoms with Crippen molar-refractivity contribution in [3.05, 3.63) is 0 Å². The van der Waals surface area contributed by atoms with E-state index in [1.165, 1.54) is 6.92 Å². The summed E-state index contributed by atoms with van der Waals surface area (Å²) in [6.07, 6.45) is -107. The number of rotatable bonds is 34. The molecule has 0 aromatic carbocycles. The molecule has 0 radical (unpaired) electrons. The number of nitrogens with one attached hydrogen (secondary N) is 3. The van der Waals surface area contributed by atoms with Crippen LogP contribution >= 0.6 is 0 Å². The number of aliphatic hydroxyl groups is 25. The molecule has 10 aliphatic heterocycles. The van der Waals surface area contributed by atoms with E-state index in [4.69, 9.17) is 90.0 Å². The summed E-state index contributed by atoms with van der Waals surface area (Å²) in [6.45, 7) is -5.95. The average Bonchev–Trinajstić information content (AvgIpc) is 0.762. The maximum atomic E-state index is 13.3. The van der Waals surface area contributed by atoms with Crippen LogP contribution in [0.25, 0.3) is 0 Å². The molecule has 0 saturated carbocycles. The van der Waals surface area contributed by atoms with E-state index >= 15 is 0 Å². The molecule has 10 saturated heterocycles. The molecule has 0 aromatic heterocycles. The number of hydrogen-bond donors (Lipinski definition) is 31. The molecule has 0 aliphatic carbocycles. The van der Waals surface area contributed by atoms with Gasteiger partial charge in [0, 0.05) is 20.8 Å². The highest BCUT2D eigenvalue weighted by Gasteiger charge is 2.62. The van der Waals surface area contributed by atoms with Crippen molar-refractivity contribution in [2.45, 2.75) is 335 Å². The Morgan fingerprint density at radius 3 is 1.09 bits per heavy atom. The Morgan fingerprint density at radius 1 is 0.289 bits per heavy atom. The van der Waals surface area contributed by atoms with E-state index in [1.807, 2.05) is 0 Å². The van der Waals surface area contributed by atoms with Crippen LogP contribution < -0.4 is 16.0 Å². The van der Waals surface area contributed by atoms with Crippen LogP contribution in [0.1, 0.15) is 27.7 Å². The van der Waals surface area contributed by atoms with E-state index in [0.29, 0.717) is 0 Å². The maximum Gasteiger partial charge on any atom is 0.397 e. The second-order valence-electron chi connectivity index (χ2n) is 31.3. The first-order chi connectivity index (χ1) is 60.0. The van der Waals surface area contributed by atoms with Crippen LogP contribution in [0, 0.1) is 0 Å². The molecule has 31 N–H and O–H groups in total. The van der Waals surface area contributed by atoms with E-state index in [0.717, 1.165) is 20.8 Å². The van der Waals surface area contributed by atoms with Gasteiger partial charge in [0.05, 0.1) is 59.0 Å². The quantitative estimate of drug-likeness (QED) is 0.0266. The number of aliphatic hydroxyl groups excluding tert-OH is 25. The fourth-order valence-corrected chi connectivity index (χ4v) is 16.6. The molecule has 0 unspecified atom stereocenters. The molecule has 50 atom stereocenters. The lowest BCUT2D eigenvalue weighted by Crippen LogP contribution is -2.71. The Bertz CT molecular complexity index is 3810. The van der Waals surface area contributed by atoms with Crippen molar-refractivity contribution >= 4 is 44.5 Å². The fraction of sp³-hybridized carbons (Fsp3) is 0.939. The lowest BCUT2D eigenvalue weighted by Gasteiger charge is -2.51. The molecule has 0 bridgehead atoms. The number of hydrogen-bond acceptors (Lipinski definition) is 54. The van der Waals surface area contributed by atoms with E-state index < -0.39 is 404 Å². The topological polar surface area (TPSA) is 933 Å². The SMILES string of the molecule is CC(=O)N[C@@H]1[C@@H](O)[C@H](O[C@@H]2O[C@H](CO)[C@@H](O[C@@H]3O[C@H](CO[C@H]4O[C@H](CO)[C@@H](O)[C@H](O[C@H]5O[C@H](CO)[C@@H](O)[C@H](O)[C@@H]5O)[C@@H]4O)[C@@H](O)[C@H](O[C@H]4O[C@H](CO)[C@@H](O)[C@H](O)[C@@H]4O[C@@H]4O[C@H](COS(=O)(=O)O)[C@@H](O[C@@H]5O[C@H](CO)[C@H](O)[C@H](O[C@@H]6O[C@H](C(=O)O)[C@@H](O)[C@H](OS(=O)(=O)O)[C@H]6O)[C@H]5O)[C@H](O)[C@H]4NC(C)=O)[C@@H]3O)[C@H](O)[C@H]2NC(C)=O)[C@@H](CO[C@@H]2O[C@@H](C)[C@@H](O)[C@@H](O)[C@@H]2O)O[C@H]1O. The number of ether oxygens (including phenoxy) is 19. The number of aliphatic carboxylic acids is 1. The molecule has 10 heterocycles. The first-order valence-electron chi connectivity index (χ1n) is 39.3. The van der Waals surface area contributed by atoms with Crippen molar-refractivity contribution in [1.82, 2.24) is 16.0 Å². The van der Waals surface area contributed by atoms with Gasteiger partial charge in [0.2, 0.25) is 17.7 Å². The molecule has 10 rings (SSSR count). The summed E-state index contributed by atoms with van der Waals surface area (Å²) >= 11 is 0. The van der Waals surface area contributed by atoms with Crippen molar-refractivity contribution in [1.29, 1.82) is 0 Å².